The molecule has 0 bridgehead atoms. The zero-order chi connectivity index (χ0) is 23.5. The average Bonchev–Trinajstić information content (AvgIpc) is 3.31. The minimum absolute atomic E-state index is 0.0582. The van der Waals surface area contributed by atoms with Crippen LogP contribution in [0.25, 0.3) is 5.76 Å². The summed E-state index contributed by atoms with van der Waals surface area (Å²) in [7, 11) is 1.54. The van der Waals surface area contributed by atoms with Gasteiger partial charge >= 0.3 is 0 Å². The molecule has 4 rings (SSSR count). The fourth-order valence-corrected chi connectivity index (χ4v) is 4.37. The van der Waals surface area contributed by atoms with Crippen LogP contribution in [-0.2, 0) is 20.7 Å². The smallest absolute Gasteiger partial charge is 0.295 e. The zero-order valence-electron chi connectivity index (χ0n) is 19.2. The first-order chi connectivity index (χ1) is 15.9. The molecule has 2 aromatic rings. The van der Waals surface area contributed by atoms with E-state index in [1.807, 2.05) is 44.2 Å². The number of Topliss-reactive ketones (excluding diaryl/α,β-unsaturated/α-hetero) is 1. The largest absolute Gasteiger partial charge is 0.507 e. The van der Waals surface area contributed by atoms with Gasteiger partial charge in [0.2, 0.25) is 0 Å². The number of nitrogens with zero attached hydrogens (tertiary/aromatic N) is 1. The lowest BCUT2D eigenvalue weighted by molar-refractivity contribution is -0.140. The predicted molar refractivity (Wildman–Crippen MR) is 123 cm³/mol. The maximum atomic E-state index is 13.1. The lowest BCUT2D eigenvalue weighted by atomic mass is 9.94. The topological polar surface area (TPSA) is 85.3 Å². The molecule has 0 aliphatic carbocycles. The van der Waals surface area contributed by atoms with Gasteiger partial charge in [0.1, 0.15) is 23.4 Å². The Morgan fingerprint density at radius 1 is 1.18 bits per heavy atom. The van der Waals surface area contributed by atoms with Crippen LogP contribution in [0.5, 0.6) is 11.5 Å². The highest BCUT2D eigenvalue weighted by Gasteiger charge is 2.46. The highest BCUT2D eigenvalue weighted by atomic mass is 16.5. The molecule has 0 aromatic heterocycles. The molecular weight excluding hydrogens is 422 g/mol. The number of hydrogen-bond donors (Lipinski definition) is 1. The summed E-state index contributed by atoms with van der Waals surface area (Å²) in [4.78, 5) is 27.5. The summed E-state index contributed by atoms with van der Waals surface area (Å²) in [5.74, 6) is -0.136. The molecule has 1 N–H and O–H groups in total. The Balaban J connectivity index is 1.80. The number of ketones is 1. The summed E-state index contributed by atoms with van der Waals surface area (Å²) in [5, 5.41) is 11.3. The number of carbonyl (C=O) groups excluding carboxylic acids is 2. The van der Waals surface area contributed by atoms with Crippen molar-refractivity contribution in [1.29, 1.82) is 0 Å². The second-order valence-corrected chi connectivity index (χ2v) is 8.36. The van der Waals surface area contributed by atoms with E-state index in [1.165, 1.54) is 4.90 Å². The van der Waals surface area contributed by atoms with E-state index >= 15 is 0 Å². The average molecular weight is 452 g/mol. The third kappa shape index (κ3) is 4.46. The molecule has 7 nitrogen and oxygen atoms in total. The van der Waals surface area contributed by atoms with E-state index in [0.717, 1.165) is 24.2 Å². The van der Waals surface area contributed by atoms with Gasteiger partial charge in [-0.2, -0.15) is 0 Å². The minimum Gasteiger partial charge on any atom is -0.507 e. The third-order valence-electron chi connectivity index (χ3n) is 5.89. The van der Waals surface area contributed by atoms with Gasteiger partial charge in [-0.25, -0.2) is 0 Å². The third-order valence-corrected chi connectivity index (χ3v) is 5.89. The van der Waals surface area contributed by atoms with Crippen LogP contribution in [0, 0.1) is 0 Å². The molecule has 1 saturated heterocycles. The van der Waals surface area contributed by atoms with Crippen molar-refractivity contribution in [2.24, 2.45) is 0 Å². The molecule has 7 heteroatoms. The summed E-state index contributed by atoms with van der Waals surface area (Å²) in [6, 6.07) is 11.9. The number of rotatable bonds is 8. The van der Waals surface area contributed by atoms with Crippen LogP contribution < -0.4 is 9.47 Å². The Bertz CT molecular complexity index is 1090. The molecule has 0 saturated carbocycles. The molecule has 1 fully saturated rings. The minimum atomic E-state index is -0.742. The van der Waals surface area contributed by atoms with Gasteiger partial charge < -0.3 is 24.2 Å². The quantitative estimate of drug-likeness (QED) is 0.373. The van der Waals surface area contributed by atoms with Gasteiger partial charge in [0.05, 0.1) is 24.8 Å². The number of carbonyl (C=O) groups is 2. The van der Waals surface area contributed by atoms with Gasteiger partial charge in [-0.1, -0.05) is 19.1 Å². The van der Waals surface area contributed by atoms with Crippen molar-refractivity contribution in [2.45, 2.75) is 38.8 Å². The van der Waals surface area contributed by atoms with Crippen molar-refractivity contribution in [2.75, 3.05) is 26.9 Å². The number of methoxy groups -OCH3 is 1. The fraction of sp³-hybridized carbons (Fsp3) is 0.385. The zero-order valence-corrected chi connectivity index (χ0v) is 19.2. The van der Waals surface area contributed by atoms with Crippen LogP contribution in [0.15, 0.2) is 48.0 Å². The standard InChI is InChI=1S/C26H29NO6/c1-4-11-32-20-7-5-6-17(15-20)23-22(25(29)26(30)27(23)10-12-31-3)24(28)18-8-9-21-19(14-18)13-16(2)33-21/h5-9,14-16,23,28H,4,10-13H2,1-3H3/b24-22-. The van der Waals surface area contributed by atoms with E-state index in [4.69, 9.17) is 14.2 Å². The van der Waals surface area contributed by atoms with E-state index in [1.54, 1.807) is 19.2 Å². The van der Waals surface area contributed by atoms with Crippen molar-refractivity contribution in [3.05, 3.63) is 64.7 Å². The molecule has 2 aromatic carbocycles. The normalized spacial score (nSPS) is 21.2. The Labute approximate surface area is 193 Å². The maximum absolute atomic E-state index is 13.1. The molecule has 2 atom stereocenters. The van der Waals surface area contributed by atoms with E-state index < -0.39 is 17.7 Å². The fourth-order valence-electron chi connectivity index (χ4n) is 4.37. The van der Waals surface area contributed by atoms with Gasteiger partial charge in [0, 0.05) is 25.6 Å². The number of hydrogen-bond acceptors (Lipinski definition) is 6. The number of aliphatic hydroxyl groups excluding tert-OH is 1. The number of fused-ring (bicyclic) bond motifs is 1. The summed E-state index contributed by atoms with van der Waals surface area (Å²) in [6.07, 6.45) is 1.64. The van der Waals surface area contributed by atoms with E-state index in [9.17, 15) is 14.7 Å². The first-order valence-corrected chi connectivity index (χ1v) is 11.2. The van der Waals surface area contributed by atoms with Gasteiger partial charge in [-0.05, 0) is 54.8 Å². The van der Waals surface area contributed by atoms with Crippen LogP contribution >= 0.6 is 0 Å². The van der Waals surface area contributed by atoms with Crippen molar-refractivity contribution in [3.8, 4) is 11.5 Å². The first-order valence-electron chi connectivity index (χ1n) is 11.2. The molecule has 33 heavy (non-hydrogen) atoms. The first kappa shape index (κ1) is 22.9. The van der Waals surface area contributed by atoms with Gasteiger partial charge in [0.25, 0.3) is 11.7 Å². The number of likely N-dealkylation sites (tertiary alicyclic amines) is 1. The molecule has 2 unspecified atom stereocenters. The number of aliphatic hydroxyl groups is 1. The molecular formula is C26H29NO6. The molecule has 1 amide bonds. The monoisotopic (exact) mass is 451 g/mol. The molecule has 174 valence electrons. The molecule has 2 aliphatic heterocycles. The van der Waals surface area contributed by atoms with Gasteiger partial charge in [-0.3, -0.25) is 9.59 Å². The van der Waals surface area contributed by atoms with E-state index in [0.29, 0.717) is 23.5 Å². The van der Waals surface area contributed by atoms with Crippen LogP contribution in [0.3, 0.4) is 0 Å². The molecule has 0 radical (unpaired) electrons. The number of ether oxygens (including phenoxy) is 3. The van der Waals surface area contributed by atoms with E-state index in [2.05, 4.69) is 0 Å². The lowest BCUT2D eigenvalue weighted by Gasteiger charge is -2.25. The van der Waals surface area contributed by atoms with Crippen LogP contribution in [0.2, 0.25) is 0 Å². The summed E-state index contributed by atoms with van der Waals surface area (Å²) < 4.78 is 16.7. The van der Waals surface area contributed by atoms with E-state index in [-0.39, 0.29) is 30.6 Å². The molecule has 2 aliphatic rings. The summed E-state index contributed by atoms with van der Waals surface area (Å²) in [6.45, 7) is 5.05. The Kier molecular flexibility index (Phi) is 6.70. The molecule has 0 spiro atoms. The second-order valence-electron chi connectivity index (χ2n) is 8.36. The Hall–Kier alpha value is -3.32. The Morgan fingerprint density at radius 2 is 2.00 bits per heavy atom. The van der Waals surface area contributed by atoms with Crippen molar-refractivity contribution in [1.82, 2.24) is 4.90 Å². The predicted octanol–water partition coefficient (Wildman–Crippen LogP) is 3.87. The molecule has 2 heterocycles. The summed E-state index contributed by atoms with van der Waals surface area (Å²) in [5.41, 5.74) is 2.21. The van der Waals surface area contributed by atoms with Gasteiger partial charge in [-0.15, -0.1) is 0 Å². The van der Waals surface area contributed by atoms with Crippen molar-refractivity contribution in [3.63, 3.8) is 0 Å². The van der Waals surface area contributed by atoms with Crippen LogP contribution in [0.1, 0.15) is 43.0 Å². The van der Waals surface area contributed by atoms with Crippen molar-refractivity contribution >= 4 is 17.4 Å². The van der Waals surface area contributed by atoms with Gasteiger partial charge in [0.15, 0.2) is 0 Å². The number of benzene rings is 2. The SMILES string of the molecule is CCCOc1cccc(C2/C(=C(/O)c3ccc4c(c3)CC(C)O4)C(=O)C(=O)N2CCOC)c1. The number of amides is 1. The second kappa shape index (κ2) is 9.67. The lowest BCUT2D eigenvalue weighted by Crippen LogP contribution is -2.32. The van der Waals surface area contributed by atoms with Crippen LogP contribution in [-0.4, -0.2) is 54.7 Å². The highest BCUT2D eigenvalue weighted by molar-refractivity contribution is 6.46. The maximum Gasteiger partial charge on any atom is 0.295 e. The highest BCUT2D eigenvalue weighted by Crippen LogP contribution is 2.41. The van der Waals surface area contributed by atoms with Crippen LogP contribution in [0.4, 0.5) is 0 Å². The summed E-state index contributed by atoms with van der Waals surface area (Å²) >= 11 is 0. The Morgan fingerprint density at radius 3 is 2.76 bits per heavy atom. The van der Waals surface area contributed by atoms with Crippen molar-refractivity contribution < 1.29 is 28.9 Å².